The summed E-state index contributed by atoms with van der Waals surface area (Å²) in [5.74, 6) is 1.98. The number of guanidine groups is 1. The van der Waals surface area contributed by atoms with Gasteiger partial charge in [0.05, 0.1) is 5.75 Å². The summed E-state index contributed by atoms with van der Waals surface area (Å²) in [6.45, 7) is 0.577. The highest BCUT2D eigenvalue weighted by atomic mass is 32.2. The van der Waals surface area contributed by atoms with Crippen molar-refractivity contribution < 1.29 is 9.08 Å². The number of rotatable bonds is 7. The number of hydrogen-bond donors (Lipinski definition) is 5. The molecule has 0 saturated carbocycles. The number of hydrogen-bond acceptors (Lipinski definition) is 10. The van der Waals surface area contributed by atoms with Crippen LogP contribution in [0, 0.1) is 5.41 Å². The Bertz CT molecular complexity index is 613. The Morgan fingerprint density at radius 1 is 1.48 bits per heavy atom. The van der Waals surface area contributed by atoms with Crippen LogP contribution in [-0.4, -0.2) is 41.7 Å². The number of nitrogens with zero attached hydrogens (tertiary/aromatic N) is 4. The molecule has 13 heteroatoms. The van der Waals surface area contributed by atoms with Crippen molar-refractivity contribution in [2.24, 2.45) is 5.73 Å². The predicted octanol–water partition coefficient (Wildman–Crippen LogP) is -0.180. The molecule has 2 aromatic rings. The van der Waals surface area contributed by atoms with Crippen LogP contribution in [0.2, 0.25) is 0 Å². The van der Waals surface area contributed by atoms with Crippen molar-refractivity contribution >= 4 is 46.5 Å². The van der Waals surface area contributed by atoms with Crippen LogP contribution in [-0.2, 0) is 5.75 Å². The zero-order chi connectivity index (χ0) is 15.2. The normalized spacial score (nSPS) is 11.4. The molecule has 114 valence electrons. The summed E-state index contributed by atoms with van der Waals surface area (Å²) in [5, 5.41) is 16.1. The maximum absolute atomic E-state index is 11.0. The van der Waals surface area contributed by atoms with Crippen LogP contribution in [0.15, 0.2) is 4.52 Å². The van der Waals surface area contributed by atoms with E-state index in [9.17, 15) is 4.55 Å². The molecule has 7 N–H and O–H groups in total. The lowest BCUT2D eigenvalue weighted by Crippen LogP contribution is -2.20. The smallest absolute Gasteiger partial charge is 0.328 e. The highest BCUT2D eigenvalue weighted by molar-refractivity contribution is 7.98. The fourth-order valence-electron chi connectivity index (χ4n) is 1.28. The first-order chi connectivity index (χ1) is 10.0. The summed E-state index contributed by atoms with van der Waals surface area (Å²) in [7, 11) is 0. The third-order valence-electron chi connectivity index (χ3n) is 2.07. The molecule has 0 aliphatic carbocycles. The number of aromatic nitrogens is 4. The molecule has 1 atom stereocenters. The van der Waals surface area contributed by atoms with Crippen molar-refractivity contribution in [2.75, 3.05) is 28.7 Å². The number of nitrogen functional groups attached to an aromatic ring is 1. The molecule has 0 saturated heterocycles. The summed E-state index contributed by atoms with van der Waals surface area (Å²) < 4.78 is 23.1. The standard InChI is InChI=1S/C8H13N9O2S2/c9-5-6(17-21(18)16-5)12-1-2-20-3-4-13-8(19-15-4)14-7(10)11/h1-3H2,(H2,9,16)(H,12,17)(H4,10,11,13,14,15). The SMILES string of the molecule is N=C(N)Nc1nc(CSCCNc2n[s+]([O-])nc2N)no1. The van der Waals surface area contributed by atoms with E-state index in [4.69, 9.17) is 21.4 Å². The molecule has 11 nitrogen and oxygen atoms in total. The van der Waals surface area contributed by atoms with Gasteiger partial charge >= 0.3 is 6.01 Å². The maximum atomic E-state index is 11.0. The molecule has 21 heavy (non-hydrogen) atoms. The molecule has 0 aliphatic rings. The van der Waals surface area contributed by atoms with Crippen LogP contribution in [0.3, 0.4) is 0 Å². The molecule has 0 bridgehead atoms. The molecule has 0 radical (unpaired) electrons. The van der Waals surface area contributed by atoms with Gasteiger partial charge in [-0.25, -0.2) is 0 Å². The maximum Gasteiger partial charge on any atom is 0.328 e. The zero-order valence-corrected chi connectivity index (χ0v) is 12.3. The summed E-state index contributed by atoms with van der Waals surface area (Å²) in [6.07, 6.45) is 0. The van der Waals surface area contributed by atoms with Gasteiger partial charge in [-0.15, -0.1) is 0 Å². The number of thioether (sulfide) groups is 1. The van der Waals surface area contributed by atoms with Crippen molar-refractivity contribution in [2.45, 2.75) is 5.75 Å². The molecule has 2 rings (SSSR count). The van der Waals surface area contributed by atoms with E-state index in [0.717, 1.165) is 5.75 Å². The van der Waals surface area contributed by atoms with Gasteiger partial charge < -0.3 is 25.9 Å². The van der Waals surface area contributed by atoms with Gasteiger partial charge in [0.15, 0.2) is 22.9 Å². The molecule has 0 aliphatic heterocycles. The largest absolute Gasteiger partial charge is 0.546 e. The lowest BCUT2D eigenvalue weighted by molar-refractivity contribution is 0.428. The summed E-state index contributed by atoms with van der Waals surface area (Å²) in [4.78, 5) is 3.99. The van der Waals surface area contributed by atoms with Crippen LogP contribution >= 0.6 is 22.9 Å². The van der Waals surface area contributed by atoms with Gasteiger partial charge in [-0.2, -0.15) is 16.7 Å². The first kappa shape index (κ1) is 15.3. The van der Waals surface area contributed by atoms with Gasteiger partial charge in [0.25, 0.3) is 0 Å². The molecule has 2 aromatic heterocycles. The van der Waals surface area contributed by atoms with E-state index in [1.54, 1.807) is 11.8 Å². The van der Waals surface area contributed by atoms with Crippen molar-refractivity contribution in [3.63, 3.8) is 0 Å². The monoisotopic (exact) mass is 331 g/mol. The van der Waals surface area contributed by atoms with E-state index in [1.165, 1.54) is 0 Å². The minimum Gasteiger partial charge on any atom is -0.546 e. The second kappa shape index (κ2) is 7.05. The van der Waals surface area contributed by atoms with Crippen LogP contribution < -0.4 is 22.1 Å². The second-order valence-electron chi connectivity index (χ2n) is 3.68. The van der Waals surface area contributed by atoms with E-state index in [0.29, 0.717) is 23.9 Å². The van der Waals surface area contributed by atoms with Gasteiger partial charge in [0, 0.05) is 21.0 Å². The first-order valence-electron chi connectivity index (χ1n) is 5.65. The Balaban J connectivity index is 1.66. The Hall–Kier alpha value is -2.12. The molecular weight excluding hydrogens is 318 g/mol. The Labute approximate surface area is 126 Å². The molecule has 0 fully saturated rings. The zero-order valence-electron chi connectivity index (χ0n) is 10.7. The van der Waals surface area contributed by atoms with E-state index >= 15 is 0 Å². The molecule has 0 spiro atoms. The highest BCUT2D eigenvalue weighted by Crippen LogP contribution is 2.19. The van der Waals surface area contributed by atoms with Crippen LogP contribution in [0.25, 0.3) is 0 Å². The van der Waals surface area contributed by atoms with Crippen LogP contribution in [0.5, 0.6) is 0 Å². The summed E-state index contributed by atoms with van der Waals surface area (Å²) >= 11 is -0.0553. The Morgan fingerprint density at radius 2 is 2.29 bits per heavy atom. The molecular formula is C8H13N9O2S2. The summed E-state index contributed by atoms with van der Waals surface area (Å²) in [5.41, 5.74) is 10.6. The summed E-state index contributed by atoms with van der Waals surface area (Å²) in [6, 6.07) is 0.0861. The van der Waals surface area contributed by atoms with E-state index in [-0.39, 0.29) is 17.8 Å². The molecule has 0 amide bonds. The van der Waals surface area contributed by atoms with Gasteiger partial charge in [0.2, 0.25) is 11.6 Å². The number of nitrogens with one attached hydrogen (secondary N) is 3. The second-order valence-corrected chi connectivity index (χ2v) is 5.61. The third kappa shape index (κ3) is 4.73. The van der Waals surface area contributed by atoms with Crippen molar-refractivity contribution in [1.29, 1.82) is 5.41 Å². The number of nitrogens with two attached hydrogens (primary N) is 2. The quantitative estimate of drug-likeness (QED) is 0.196. The lowest BCUT2D eigenvalue weighted by Gasteiger charge is -2.00. The fourth-order valence-corrected chi connectivity index (χ4v) is 2.58. The van der Waals surface area contributed by atoms with Crippen LogP contribution in [0.4, 0.5) is 17.7 Å². The van der Waals surface area contributed by atoms with Crippen molar-refractivity contribution in [3.8, 4) is 0 Å². The lowest BCUT2D eigenvalue weighted by atomic mass is 10.6. The Morgan fingerprint density at radius 3 is 2.95 bits per heavy atom. The Kier molecular flexibility index (Phi) is 5.13. The van der Waals surface area contributed by atoms with E-state index < -0.39 is 11.1 Å². The van der Waals surface area contributed by atoms with Gasteiger partial charge in [-0.3, -0.25) is 10.7 Å². The molecule has 2 heterocycles. The van der Waals surface area contributed by atoms with Crippen molar-refractivity contribution in [1.82, 2.24) is 18.9 Å². The minimum atomic E-state index is -1.61. The third-order valence-corrected chi connectivity index (χ3v) is 3.71. The van der Waals surface area contributed by atoms with Gasteiger partial charge in [-0.05, 0) is 0 Å². The van der Waals surface area contributed by atoms with Crippen molar-refractivity contribution in [3.05, 3.63) is 5.82 Å². The first-order valence-corrected chi connectivity index (χ1v) is 7.87. The minimum absolute atomic E-state index is 0.0861. The molecule has 1 unspecified atom stereocenters. The highest BCUT2D eigenvalue weighted by Gasteiger charge is 2.11. The topological polar surface area (TPSA) is 188 Å². The average Bonchev–Trinajstić information content (AvgIpc) is 2.95. The predicted molar refractivity (Wildman–Crippen MR) is 79.6 cm³/mol. The average molecular weight is 331 g/mol. The van der Waals surface area contributed by atoms with Gasteiger partial charge in [-0.1, -0.05) is 5.16 Å². The van der Waals surface area contributed by atoms with Gasteiger partial charge in [0.1, 0.15) is 0 Å². The number of anilines is 3. The molecule has 0 aromatic carbocycles. The fraction of sp³-hybridized carbons (Fsp3) is 0.375. The van der Waals surface area contributed by atoms with E-state index in [1.807, 2.05) is 0 Å². The van der Waals surface area contributed by atoms with Crippen LogP contribution in [0.1, 0.15) is 5.82 Å². The van der Waals surface area contributed by atoms with E-state index in [2.05, 4.69) is 29.5 Å².